The Labute approximate surface area is 125 Å². The molecule has 2 N–H and O–H groups in total. The number of alkyl halides is 3. The number of amides is 1. The lowest BCUT2D eigenvalue weighted by Crippen LogP contribution is -2.52. The first kappa shape index (κ1) is 18.0. The number of methoxy groups -OCH3 is 1. The molecular formula is C14H16F3NO4. The summed E-state index contributed by atoms with van der Waals surface area (Å²) in [5.74, 6) is -2.19. The summed E-state index contributed by atoms with van der Waals surface area (Å²) in [5.41, 5.74) is -2.72. The molecule has 5 nitrogen and oxygen atoms in total. The van der Waals surface area contributed by atoms with E-state index in [1.807, 2.05) is 5.32 Å². The van der Waals surface area contributed by atoms with Gasteiger partial charge in [0, 0.05) is 5.69 Å². The van der Waals surface area contributed by atoms with E-state index in [1.54, 1.807) is 6.92 Å². The molecule has 0 aliphatic rings. The molecule has 0 aliphatic heterocycles. The minimum absolute atomic E-state index is 0.0408. The highest BCUT2D eigenvalue weighted by Gasteiger charge is 2.55. The van der Waals surface area contributed by atoms with Crippen LogP contribution in [0.25, 0.3) is 0 Å². The molecule has 1 rings (SSSR count). The molecule has 0 fully saturated rings. The van der Waals surface area contributed by atoms with E-state index in [2.05, 4.69) is 4.74 Å². The highest BCUT2D eigenvalue weighted by molar-refractivity contribution is 5.98. The van der Waals surface area contributed by atoms with E-state index in [-0.39, 0.29) is 11.3 Å². The van der Waals surface area contributed by atoms with Crippen LogP contribution in [0.1, 0.15) is 29.8 Å². The third-order valence-corrected chi connectivity index (χ3v) is 3.14. The maximum absolute atomic E-state index is 12.6. The zero-order chi connectivity index (χ0) is 17.1. The van der Waals surface area contributed by atoms with Crippen LogP contribution in [0, 0.1) is 0 Å². The van der Waals surface area contributed by atoms with Crippen LogP contribution in [0.3, 0.4) is 0 Å². The van der Waals surface area contributed by atoms with E-state index in [1.165, 1.54) is 25.3 Å². The molecule has 0 aromatic heterocycles. The van der Waals surface area contributed by atoms with Crippen LogP contribution in [-0.2, 0) is 16.0 Å². The molecule has 0 heterocycles. The number of halogens is 3. The number of aryl methyl sites for hydroxylation is 1. The van der Waals surface area contributed by atoms with Crippen molar-refractivity contribution in [1.29, 1.82) is 0 Å². The second-order valence-corrected chi connectivity index (χ2v) is 4.74. The lowest BCUT2D eigenvalue weighted by molar-refractivity contribution is -0.242. The number of hydrogen-bond donors (Lipinski definition) is 2. The molecule has 0 radical (unpaired) electrons. The summed E-state index contributed by atoms with van der Waals surface area (Å²) >= 11 is 0. The number of ether oxygens (including phenoxy) is 1. The molecule has 0 saturated heterocycles. The second-order valence-electron chi connectivity index (χ2n) is 4.74. The molecule has 0 spiro atoms. The van der Waals surface area contributed by atoms with Gasteiger partial charge in [0.25, 0.3) is 5.91 Å². The predicted octanol–water partition coefficient (Wildman–Crippen LogP) is 2.29. The highest BCUT2D eigenvalue weighted by atomic mass is 19.4. The van der Waals surface area contributed by atoms with Gasteiger partial charge in [-0.15, -0.1) is 0 Å². The summed E-state index contributed by atoms with van der Waals surface area (Å²) in [7, 11) is 1.21. The van der Waals surface area contributed by atoms with Crippen LogP contribution in [-0.4, -0.2) is 35.9 Å². The smallest absolute Gasteiger partial charge is 0.426 e. The monoisotopic (exact) mass is 319 g/mol. The van der Waals surface area contributed by atoms with Gasteiger partial charge in [-0.05, 0) is 37.1 Å². The van der Waals surface area contributed by atoms with Crippen molar-refractivity contribution < 1.29 is 32.6 Å². The molecule has 0 aliphatic carbocycles. The standard InChI is InChI=1S/C14H16F3NO4/c1-4-8-7-9(5-6-10(8)11(19)22-3)18-12(20)13(2,21)14(15,16)17/h5-7,21H,4H2,1-3H3,(H,18,20). The van der Waals surface area contributed by atoms with Crippen molar-refractivity contribution in [1.82, 2.24) is 0 Å². The summed E-state index contributed by atoms with van der Waals surface area (Å²) in [6.45, 7) is 2.10. The van der Waals surface area contributed by atoms with Crippen LogP contribution in [0.15, 0.2) is 18.2 Å². The Morgan fingerprint density at radius 2 is 1.91 bits per heavy atom. The van der Waals surface area contributed by atoms with E-state index >= 15 is 0 Å². The van der Waals surface area contributed by atoms with Gasteiger partial charge in [0.05, 0.1) is 12.7 Å². The van der Waals surface area contributed by atoms with E-state index in [0.717, 1.165) is 0 Å². The highest BCUT2D eigenvalue weighted by Crippen LogP contribution is 2.31. The van der Waals surface area contributed by atoms with Crippen molar-refractivity contribution in [2.75, 3.05) is 12.4 Å². The van der Waals surface area contributed by atoms with Crippen LogP contribution in [0.2, 0.25) is 0 Å². The van der Waals surface area contributed by atoms with Crippen LogP contribution < -0.4 is 5.32 Å². The molecular weight excluding hydrogens is 303 g/mol. The zero-order valence-corrected chi connectivity index (χ0v) is 12.2. The van der Waals surface area contributed by atoms with Crippen LogP contribution >= 0.6 is 0 Å². The average Bonchev–Trinajstić information content (AvgIpc) is 2.44. The third-order valence-electron chi connectivity index (χ3n) is 3.14. The van der Waals surface area contributed by atoms with Gasteiger partial charge in [0.15, 0.2) is 0 Å². The quantitative estimate of drug-likeness (QED) is 0.835. The molecule has 22 heavy (non-hydrogen) atoms. The van der Waals surface area contributed by atoms with E-state index in [4.69, 9.17) is 0 Å². The summed E-state index contributed by atoms with van der Waals surface area (Å²) in [4.78, 5) is 23.1. The van der Waals surface area contributed by atoms with E-state index < -0.39 is 23.7 Å². The van der Waals surface area contributed by atoms with E-state index in [0.29, 0.717) is 18.9 Å². The Balaban J connectivity index is 3.06. The first-order valence-corrected chi connectivity index (χ1v) is 6.36. The summed E-state index contributed by atoms with van der Waals surface area (Å²) in [5, 5.41) is 11.3. The lowest BCUT2D eigenvalue weighted by atomic mass is 10.0. The Kier molecular flexibility index (Phi) is 5.18. The van der Waals surface area contributed by atoms with Crippen molar-refractivity contribution >= 4 is 17.6 Å². The Morgan fingerprint density at radius 1 is 1.32 bits per heavy atom. The topological polar surface area (TPSA) is 75.6 Å². The first-order chi connectivity index (χ1) is 10.0. The molecule has 1 unspecified atom stereocenters. The lowest BCUT2D eigenvalue weighted by Gasteiger charge is -2.25. The van der Waals surface area contributed by atoms with Crippen LogP contribution in [0.5, 0.6) is 0 Å². The van der Waals surface area contributed by atoms with Crippen LogP contribution in [0.4, 0.5) is 18.9 Å². The normalized spacial score (nSPS) is 14.1. The minimum Gasteiger partial charge on any atom is -0.465 e. The van der Waals surface area contributed by atoms with Gasteiger partial charge in [-0.2, -0.15) is 13.2 Å². The minimum atomic E-state index is -5.10. The maximum Gasteiger partial charge on any atom is 0.426 e. The Bertz CT molecular complexity index is 582. The third kappa shape index (κ3) is 3.56. The molecule has 8 heteroatoms. The predicted molar refractivity (Wildman–Crippen MR) is 72.5 cm³/mol. The van der Waals surface area contributed by atoms with Gasteiger partial charge in [-0.3, -0.25) is 4.79 Å². The van der Waals surface area contributed by atoms with Crippen molar-refractivity contribution in [2.24, 2.45) is 0 Å². The number of aliphatic hydroxyl groups is 1. The van der Waals surface area contributed by atoms with Gasteiger partial charge in [-0.1, -0.05) is 6.92 Å². The number of benzene rings is 1. The number of hydrogen-bond acceptors (Lipinski definition) is 4. The fraction of sp³-hybridized carbons (Fsp3) is 0.429. The summed E-state index contributed by atoms with van der Waals surface area (Å²) < 4.78 is 42.3. The summed E-state index contributed by atoms with van der Waals surface area (Å²) in [6.07, 6.45) is -4.69. The van der Waals surface area contributed by atoms with Gasteiger partial charge >= 0.3 is 12.1 Å². The van der Waals surface area contributed by atoms with Gasteiger partial charge in [0.2, 0.25) is 5.60 Å². The number of anilines is 1. The molecule has 1 aromatic rings. The Morgan fingerprint density at radius 3 is 2.36 bits per heavy atom. The maximum atomic E-state index is 12.6. The average molecular weight is 319 g/mol. The Hall–Kier alpha value is -2.09. The summed E-state index contributed by atoms with van der Waals surface area (Å²) in [6, 6.07) is 3.95. The number of nitrogens with one attached hydrogen (secondary N) is 1. The molecule has 1 amide bonds. The molecule has 1 aromatic carbocycles. The first-order valence-electron chi connectivity index (χ1n) is 6.36. The van der Waals surface area contributed by atoms with Gasteiger partial charge in [-0.25, -0.2) is 4.79 Å². The molecule has 0 saturated carbocycles. The largest absolute Gasteiger partial charge is 0.465 e. The zero-order valence-electron chi connectivity index (χ0n) is 12.2. The SMILES string of the molecule is CCc1cc(NC(=O)C(C)(O)C(F)(F)F)ccc1C(=O)OC. The van der Waals surface area contributed by atoms with E-state index in [9.17, 15) is 27.9 Å². The van der Waals surface area contributed by atoms with Crippen molar-refractivity contribution in [2.45, 2.75) is 32.0 Å². The van der Waals surface area contributed by atoms with Gasteiger partial charge < -0.3 is 15.2 Å². The molecule has 0 bridgehead atoms. The fourth-order valence-corrected chi connectivity index (χ4v) is 1.65. The fourth-order valence-electron chi connectivity index (χ4n) is 1.65. The molecule has 122 valence electrons. The number of carbonyl (C=O) groups excluding carboxylic acids is 2. The van der Waals surface area contributed by atoms with Crippen molar-refractivity contribution in [3.05, 3.63) is 29.3 Å². The second kappa shape index (κ2) is 6.35. The number of carbonyl (C=O) groups is 2. The molecule has 1 atom stereocenters. The van der Waals surface area contributed by atoms with Gasteiger partial charge in [0.1, 0.15) is 0 Å². The number of rotatable bonds is 4. The number of esters is 1. The van der Waals surface area contributed by atoms with Crippen molar-refractivity contribution in [3.63, 3.8) is 0 Å². The van der Waals surface area contributed by atoms with Crippen molar-refractivity contribution in [3.8, 4) is 0 Å².